The van der Waals surface area contributed by atoms with Crippen LogP contribution in [0.15, 0.2) is 54.9 Å². The van der Waals surface area contributed by atoms with Gasteiger partial charge in [0.05, 0.1) is 29.6 Å². The van der Waals surface area contributed by atoms with Crippen LogP contribution in [0.25, 0.3) is 0 Å². The van der Waals surface area contributed by atoms with Gasteiger partial charge in [0, 0.05) is 11.3 Å². The zero-order chi connectivity index (χ0) is 24.4. The molecule has 0 saturated heterocycles. The van der Waals surface area contributed by atoms with Crippen LogP contribution in [0, 0.1) is 0 Å². The van der Waals surface area contributed by atoms with Crippen molar-refractivity contribution >= 4 is 29.0 Å². The van der Waals surface area contributed by atoms with E-state index in [0.29, 0.717) is 23.5 Å². The van der Waals surface area contributed by atoms with Crippen LogP contribution < -0.4 is 10.6 Å². The van der Waals surface area contributed by atoms with E-state index in [9.17, 15) is 31.1 Å². The van der Waals surface area contributed by atoms with Crippen molar-refractivity contribution in [1.29, 1.82) is 0 Å². The second kappa shape index (κ2) is 9.26. The molecule has 5 nitrogen and oxygen atoms in total. The standard InChI is InChI=1S/C21H15ClF6N4O/c1-11(30-18-10-29-9-17(22)32-18)12-3-2-4-16(7-12)31-19(33)13-5-14(20(23,24)25)8-15(6-13)21(26,27)28/h2-11H,1H3,(H,30,32)(H,31,33)/t11-/m0/s1. The number of nitrogens with one attached hydrogen (secondary N) is 2. The minimum Gasteiger partial charge on any atom is -0.362 e. The minimum absolute atomic E-state index is 0.0382. The Hall–Kier alpha value is -3.34. The van der Waals surface area contributed by atoms with E-state index in [-0.39, 0.29) is 22.9 Å². The number of hydrogen-bond acceptors (Lipinski definition) is 4. The van der Waals surface area contributed by atoms with E-state index in [0.717, 1.165) is 0 Å². The fraction of sp³-hybridized carbons (Fsp3) is 0.190. The quantitative estimate of drug-likeness (QED) is 0.397. The Morgan fingerprint density at radius 3 is 2.18 bits per heavy atom. The molecule has 0 bridgehead atoms. The summed E-state index contributed by atoms with van der Waals surface area (Å²) in [5, 5.41) is 5.55. The molecule has 2 N–H and O–H groups in total. The normalized spacial score (nSPS) is 12.8. The van der Waals surface area contributed by atoms with Gasteiger partial charge in [-0.2, -0.15) is 26.3 Å². The Morgan fingerprint density at radius 2 is 1.61 bits per heavy atom. The molecule has 174 valence electrons. The fourth-order valence-corrected chi connectivity index (χ4v) is 3.04. The third-order valence-corrected chi connectivity index (χ3v) is 4.65. The number of rotatable bonds is 5. The van der Waals surface area contributed by atoms with Gasteiger partial charge in [-0.15, -0.1) is 0 Å². The Labute approximate surface area is 188 Å². The molecular weight excluding hydrogens is 474 g/mol. The molecule has 33 heavy (non-hydrogen) atoms. The van der Waals surface area contributed by atoms with Crippen molar-refractivity contribution in [2.75, 3.05) is 10.6 Å². The van der Waals surface area contributed by atoms with E-state index >= 15 is 0 Å². The molecule has 0 radical (unpaired) electrons. The number of carbonyl (C=O) groups excluding carboxylic acids is 1. The highest BCUT2D eigenvalue weighted by molar-refractivity contribution is 6.29. The number of halogens is 7. The van der Waals surface area contributed by atoms with Crippen LogP contribution in [0.4, 0.5) is 37.8 Å². The summed E-state index contributed by atoms with van der Waals surface area (Å²) in [6, 6.07) is 6.60. The Bertz CT molecular complexity index is 1130. The molecule has 3 aromatic rings. The number of nitrogens with zero attached hydrogens (tertiary/aromatic N) is 2. The highest BCUT2D eigenvalue weighted by atomic mass is 35.5. The Morgan fingerprint density at radius 1 is 0.970 bits per heavy atom. The average molecular weight is 489 g/mol. The molecule has 0 spiro atoms. The van der Waals surface area contributed by atoms with Gasteiger partial charge in [-0.25, -0.2) is 4.98 Å². The maximum atomic E-state index is 13.0. The SMILES string of the molecule is C[C@H](Nc1cncc(Cl)n1)c1cccc(NC(=O)c2cc(C(F)(F)F)cc(C(F)(F)F)c2)c1. The molecule has 0 saturated carbocycles. The van der Waals surface area contributed by atoms with Crippen LogP contribution in [0.5, 0.6) is 0 Å². The predicted octanol–water partition coefficient (Wildman–Crippen LogP) is 6.59. The van der Waals surface area contributed by atoms with Crippen LogP contribution in [-0.4, -0.2) is 15.9 Å². The topological polar surface area (TPSA) is 66.9 Å². The molecule has 1 aromatic heterocycles. The molecule has 3 rings (SSSR count). The summed E-state index contributed by atoms with van der Waals surface area (Å²) in [6.45, 7) is 1.77. The van der Waals surface area contributed by atoms with Crippen molar-refractivity contribution < 1.29 is 31.1 Å². The van der Waals surface area contributed by atoms with E-state index in [2.05, 4.69) is 20.6 Å². The Balaban J connectivity index is 1.83. The molecule has 0 aliphatic rings. The molecule has 0 unspecified atom stereocenters. The van der Waals surface area contributed by atoms with Crippen LogP contribution in [0.1, 0.15) is 40.0 Å². The largest absolute Gasteiger partial charge is 0.416 e. The van der Waals surface area contributed by atoms with E-state index in [1.165, 1.54) is 24.5 Å². The van der Waals surface area contributed by atoms with Crippen molar-refractivity contribution in [2.24, 2.45) is 0 Å². The van der Waals surface area contributed by atoms with Crippen molar-refractivity contribution in [3.63, 3.8) is 0 Å². The number of hydrogen-bond donors (Lipinski definition) is 2. The lowest BCUT2D eigenvalue weighted by atomic mass is 10.0. The van der Waals surface area contributed by atoms with Crippen molar-refractivity contribution in [2.45, 2.75) is 25.3 Å². The Kier molecular flexibility index (Phi) is 6.82. The highest BCUT2D eigenvalue weighted by Crippen LogP contribution is 2.36. The number of anilines is 2. The van der Waals surface area contributed by atoms with E-state index in [1.807, 2.05) is 0 Å². The molecule has 0 aliphatic carbocycles. The van der Waals surface area contributed by atoms with Crippen LogP contribution in [0.2, 0.25) is 5.15 Å². The third kappa shape index (κ3) is 6.35. The summed E-state index contributed by atoms with van der Waals surface area (Å²) >= 11 is 5.79. The summed E-state index contributed by atoms with van der Waals surface area (Å²) < 4.78 is 78.3. The molecule has 1 amide bonds. The highest BCUT2D eigenvalue weighted by Gasteiger charge is 2.37. The van der Waals surface area contributed by atoms with Gasteiger partial charge in [0.15, 0.2) is 0 Å². The lowest BCUT2D eigenvalue weighted by Crippen LogP contribution is -2.17. The molecule has 1 heterocycles. The van der Waals surface area contributed by atoms with E-state index in [1.54, 1.807) is 19.1 Å². The van der Waals surface area contributed by atoms with Gasteiger partial charge in [-0.3, -0.25) is 9.78 Å². The maximum absolute atomic E-state index is 13.0. The second-order valence-corrected chi connectivity index (χ2v) is 7.35. The first-order valence-electron chi connectivity index (χ1n) is 9.28. The minimum atomic E-state index is -5.06. The van der Waals surface area contributed by atoms with Crippen LogP contribution in [-0.2, 0) is 12.4 Å². The summed E-state index contributed by atoms with van der Waals surface area (Å²) in [5.74, 6) is -0.738. The third-order valence-electron chi connectivity index (χ3n) is 4.46. The predicted molar refractivity (Wildman–Crippen MR) is 110 cm³/mol. The molecule has 2 aromatic carbocycles. The summed E-state index contributed by atoms with van der Waals surface area (Å²) in [6.07, 6.45) is -7.31. The molecule has 0 aliphatic heterocycles. The maximum Gasteiger partial charge on any atom is 0.416 e. The lowest BCUT2D eigenvalue weighted by molar-refractivity contribution is -0.143. The number of aromatic nitrogens is 2. The van der Waals surface area contributed by atoms with Gasteiger partial charge in [0.2, 0.25) is 0 Å². The number of carbonyl (C=O) groups is 1. The van der Waals surface area contributed by atoms with Gasteiger partial charge in [-0.1, -0.05) is 23.7 Å². The van der Waals surface area contributed by atoms with Gasteiger partial charge in [-0.05, 0) is 42.8 Å². The first-order chi connectivity index (χ1) is 15.3. The number of benzene rings is 2. The van der Waals surface area contributed by atoms with Crippen molar-refractivity contribution in [1.82, 2.24) is 9.97 Å². The molecule has 0 fully saturated rings. The summed E-state index contributed by atoms with van der Waals surface area (Å²) in [5.41, 5.74) is -3.10. The number of amides is 1. The fourth-order valence-electron chi connectivity index (χ4n) is 2.89. The monoisotopic (exact) mass is 488 g/mol. The van der Waals surface area contributed by atoms with E-state index < -0.39 is 35.0 Å². The number of alkyl halides is 6. The zero-order valence-electron chi connectivity index (χ0n) is 16.7. The molecular formula is C21H15ClF6N4O. The van der Waals surface area contributed by atoms with Crippen molar-refractivity contribution in [3.05, 3.63) is 82.3 Å². The first kappa shape index (κ1) is 24.3. The van der Waals surface area contributed by atoms with Crippen LogP contribution in [0.3, 0.4) is 0 Å². The van der Waals surface area contributed by atoms with Gasteiger partial charge >= 0.3 is 12.4 Å². The van der Waals surface area contributed by atoms with Gasteiger partial charge < -0.3 is 10.6 Å². The van der Waals surface area contributed by atoms with Gasteiger partial charge in [0.1, 0.15) is 11.0 Å². The van der Waals surface area contributed by atoms with Crippen molar-refractivity contribution in [3.8, 4) is 0 Å². The zero-order valence-corrected chi connectivity index (χ0v) is 17.5. The lowest BCUT2D eigenvalue weighted by Gasteiger charge is -2.17. The molecule has 1 atom stereocenters. The molecule has 12 heteroatoms. The summed E-state index contributed by atoms with van der Waals surface area (Å²) in [4.78, 5) is 20.4. The van der Waals surface area contributed by atoms with Crippen LogP contribution >= 0.6 is 11.6 Å². The summed E-state index contributed by atoms with van der Waals surface area (Å²) in [7, 11) is 0. The first-order valence-corrected chi connectivity index (χ1v) is 9.65. The average Bonchev–Trinajstić information content (AvgIpc) is 2.72. The second-order valence-electron chi connectivity index (χ2n) is 6.97. The van der Waals surface area contributed by atoms with E-state index in [4.69, 9.17) is 11.6 Å². The van der Waals surface area contributed by atoms with Gasteiger partial charge in [0.25, 0.3) is 5.91 Å². The smallest absolute Gasteiger partial charge is 0.362 e.